The number of hydrogen-bond donors (Lipinski definition) is 0. The highest BCUT2D eigenvalue weighted by Crippen LogP contribution is 2.44. The number of fused-ring (bicyclic) bond motifs is 1. The summed E-state index contributed by atoms with van der Waals surface area (Å²) in [5, 5.41) is 0. The van der Waals surface area contributed by atoms with Gasteiger partial charge in [0.1, 0.15) is 0 Å². The quantitative estimate of drug-likeness (QED) is 0.779. The van der Waals surface area contributed by atoms with Gasteiger partial charge in [0.05, 0.1) is 21.8 Å². The Hall–Kier alpha value is -0.940. The van der Waals surface area contributed by atoms with E-state index in [1.807, 2.05) is 23.5 Å². The maximum absolute atomic E-state index is 12.2. The van der Waals surface area contributed by atoms with E-state index in [1.165, 1.54) is 4.90 Å². The zero-order valence-electron chi connectivity index (χ0n) is 10.0. The van der Waals surface area contributed by atoms with E-state index in [0.29, 0.717) is 17.7 Å². The van der Waals surface area contributed by atoms with E-state index in [-0.39, 0.29) is 15.9 Å². The zero-order chi connectivity index (χ0) is 12.8. The molecule has 2 aliphatic heterocycles. The first-order chi connectivity index (χ1) is 8.61. The Morgan fingerprint density at radius 1 is 1.11 bits per heavy atom. The fourth-order valence-corrected chi connectivity index (χ4v) is 5.12. The van der Waals surface area contributed by atoms with Crippen LogP contribution in [0.3, 0.4) is 0 Å². The maximum Gasteiger partial charge on any atom is 0.261 e. The molecule has 0 aromatic heterocycles. The molecule has 1 aromatic carbocycles. The fourth-order valence-electron chi connectivity index (χ4n) is 2.32. The molecule has 0 aliphatic carbocycles. The zero-order valence-corrected chi connectivity index (χ0v) is 11.6. The maximum atomic E-state index is 12.2. The first kappa shape index (κ1) is 12.1. The standard InChI is InChI=1S/C13H13NO2S2/c1-13(17-6-7-18-13)8-14-11(15)9-4-2-3-5-10(9)12(14)16/h2-5H,6-8H2,1H3. The molecular formula is C13H13NO2S2. The van der Waals surface area contributed by atoms with Gasteiger partial charge in [-0.15, -0.1) is 23.5 Å². The molecule has 3 rings (SSSR count). The van der Waals surface area contributed by atoms with E-state index in [4.69, 9.17) is 0 Å². The van der Waals surface area contributed by atoms with Crippen LogP contribution >= 0.6 is 23.5 Å². The van der Waals surface area contributed by atoms with Gasteiger partial charge in [0, 0.05) is 11.5 Å². The highest BCUT2D eigenvalue weighted by Gasteiger charge is 2.41. The minimum Gasteiger partial charge on any atom is -0.272 e. The number of hydrogen-bond acceptors (Lipinski definition) is 4. The molecule has 1 aromatic rings. The molecule has 2 aliphatic rings. The summed E-state index contributed by atoms with van der Waals surface area (Å²) in [5.74, 6) is 1.88. The van der Waals surface area contributed by atoms with Crippen molar-refractivity contribution in [3.8, 4) is 0 Å². The number of carbonyl (C=O) groups is 2. The lowest BCUT2D eigenvalue weighted by Gasteiger charge is -2.26. The van der Waals surface area contributed by atoms with E-state index in [9.17, 15) is 9.59 Å². The molecule has 2 amide bonds. The largest absolute Gasteiger partial charge is 0.272 e. The summed E-state index contributed by atoms with van der Waals surface area (Å²) < 4.78 is -0.0483. The number of imide groups is 1. The van der Waals surface area contributed by atoms with Crippen LogP contribution in [-0.2, 0) is 0 Å². The van der Waals surface area contributed by atoms with Gasteiger partial charge in [-0.1, -0.05) is 12.1 Å². The second-order valence-electron chi connectivity index (χ2n) is 4.57. The van der Waals surface area contributed by atoms with Crippen molar-refractivity contribution >= 4 is 35.3 Å². The fraction of sp³-hybridized carbons (Fsp3) is 0.385. The van der Waals surface area contributed by atoms with Gasteiger partial charge in [-0.05, 0) is 19.1 Å². The van der Waals surface area contributed by atoms with Gasteiger partial charge in [-0.25, -0.2) is 0 Å². The SMILES string of the molecule is CC1(CN2C(=O)c3ccccc3C2=O)SCCS1. The molecule has 0 radical (unpaired) electrons. The number of carbonyl (C=O) groups excluding carboxylic acids is 2. The van der Waals surface area contributed by atoms with Crippen molar-refractivity contribution < 1.29 is 9.59 Å². The van der Waals surface area contributed by atoms with E-state index in [2.05, 4.69) is 6.92 Å². The molecule has 0 unspecified atom stereocenters. The van der Waals surface area contributed by atoms with Crippen molar-refractivity contribution in [2.75, 3.05) is 18.1 Å². The summed E-state index contributed by atoms with van der Waals surface area (Å²) >= 11 is 3.66. The third kappa shape index (κ3) is 1.86. The van der Waals surface area contributed by atoms with Crippen LogP contribution in [0.15, 0.2) is 24.3 Å². The Kier molecular flexibility index (Phi) is 2.90. The Balaban J connectivity index is 1.88. The third-order valence-corrected chi connectivity index (χ3v) is 6.48. The topological polar surface area (TPSA) is 37.4 Å². The molecule has 0 atom stereocenters. The lowest BCUT2D eigenvalue weighted by atomic mass is 10.1. The lowest BCUT2D eigenvalue weighted by Crippen LogP contribution is -2.39. The van der Waals surface area contributed by atoms with Gasteiger partial charge in [-0.2, -0.15) is 0 Å². The predicted molar refractivity (Wildman–Crippen MR) is 75.1 cm³/mol. The van der Waals surface area contributed by atoms with Crippen LogP contribution < -0.4 is 0 Å². The van der Waals surface area contributed by atoms with E-state index >= 15 is 0 Å². The number of nitrogens with zero attached hydrogens (tertiary/aromatic N) is 1. The Morgan fingerprint density at radius 3 is 2.11 bits per heavy atom. The summed E-state index contributed by atoms with van der Waals surface area (Å²) in [6.07, 6.45) is 0. The second-order valence-corrected chi connectivity index (χ2v) is 8.03. The van der Waals surface area contributed by atoms with Crippen LogP contribution in [0.2, 0.25) is 0 Å². The number of benzene rings is 1. The highest BCUT2D eigenvalue weighted by molar-refractivity contribution is 8.21. The Labute approximate surface area is 114 Å². The van der Waals surface area contributed by atoms with Crippen LogP contribution in [0, 0.1) is 0 Å². The van der Waals surface area contributed by atoms with E-state index in [0.717, 1.165) is 11.5 Å². The summed E-state index contributed by atoms with van der Waals surface area (Å²) in [4.78, 5) is 25.8. The van der Waals surface area contributed by atoms with E-state index in [1.54, 1.807) is 24.3 Å². The first-order valence-corrected chi connectivity index (χ1v) is 7.81. The second kappa shape index (κ2) is 4.31. The molecule has 0 saturated carbocycles. The smallest absolute Gasteiger partial charge is 0.261 e. The Morgan fingerprint density at radius 2 is 1.61 bits per heavy atom. The summed E-state index contributed by atoms with van der Waals surface area (Å²) in [7, 11) is 0. The average molecular weight is 279 g/mol. The monoisotopic (exact) mass is 279 g/mol. The number of thioether (sulfide) groups is 2. The normalized spacial score (nSPS) is 21.5. The molecule has 3 nitrogen and oxygen atoms in total. The summed E-state index contributed by atoms with van der Waals surface area (Å²) in [6.45, 7) is 2.60. The molecule has 18 heavy (non-hydrogen) atoms. The van der Waals surface area contributed by atoms with Gasteiger partial charge in [0.25, 0.3) is 11.8 Å². The van der Waals surface area contributed by atoms with Gasteiger partial charge < -0.3 is 0 Å². The molecule has 1 saturated heterocycles. The molecule has 94 valence electrons. The van der Waals surface area contributed by atoms with Crippen LogP contribution in [0.25, 0.3) is 0 Å². The lowest BCUT2D eigenvalue weighted by molar-refractivity contribution is 0.0653. The summed E-state index contributed by atoms with van der Waals surface area (Å²) in [5.41, 5.74) is 1.08. The van der Waals surface area contributed by atoms with Crippen molar-refractivity contribution in [1.29, 1.82) is 0 Å². The first-order valence-electron chi connectivity index (χ1n) is 5.84. The molecule has 1 fully saturated rings. The molecular weight excluding hydrogens is 266 g/mol. The van der Waals surface area contributed by atoms with Gasteiger partial charge in [0.2, 0.25) is 0 Å². The third-order valence-electron chi connectivity index (χ3n) is 3.22. The van der Waals surface area contributed by atoms with Crippen LogP contribution in [0.5, 0.6) is 0 Å². The number of amides is 2. The van der Waals surface area contributed by atoms with E-state index < -0.39 is 0 Å². The van der Waals surface area contributed by atoms with Gasteiger partial charge in [-0.3, -0.25) is 14.5 Å². The van der Waals surface area contributed by atoms with Crippen LogP contribution in [0.1, 0.15) is 27.6 Å². The van der Waals surface area contributed by atoms with Crippen molar-refractivity contribution in [3.63, 3.8) is 0 Å². The predicted octanol–water partition coefficient (Wildman–Crippen LogP) is 2.48. The minimum atomic E-state index is -0.148. The minimum absolute atomic E-state index is 0.0483. The van der Waals surface area contributed by atoms with Crippen molar-refractivity contribution in [2.45, 2.75) is 11.0 Å². The van der Waals surface area contributed by atoms with Crippen molar-refractivity contribution in [1.82, 2.24) is 4.90 Å². The molecule has 2 heterocycles. The van der Waals surface area contributed by atoms with Crippen molar-refractivity contribution in [3.05, 3.63) is 35.4 Å². The van der Waals surface area contributed by atoms with Gasteiger partial charge >= 0.3 is 0 Å². The molecule has 5 heteroatoms. The molecule has 0 bridgehead atoms. The van der Waals surface area contributed by atoms with Crippen LogP contribution in [-0.4, -0.2) is 38.8 Å². The highest BCUT2D eigenvalue weighted by atomic mass is 32.2. The van der Waals surface area contributed by atoms with Crippen molar-refractivity contribution in [2.24, 2.45) is 0 Å². The Bertz CT molecular complexity index is 488. The number of rotatable bonds is 2. The molecule has 0 spiro atoms. The summed E-state index contributed by atoms with van der Waals surface area (Å²) in [6, 6.07) is 7.06. The van der Waals surface area contributed by atoms with Crippen LogP contribution in [0.4, 0.5) is 0 Å². The van der Waals surface area contributed by atoms with Gasteiger partial charge in [0.15, 0.2) is 0 Å². The molecule has 0 N–H and O–H groups in total. The average Bonchev–Trinajstić information content (AvgIpc) is 2.89.